The molecule has 2 aliphatic rings. The molecule has 1 saturated carbocycles. The summed E-state index contributed by atoms with van der Waals surface area (Å²) in [7, 11) is 1.87. The van der Waals surface area contributed by atoms with Gasteiger partial charge in [0.2, 0.25) is 11.8 Å². The predicted octanol–water partition coefficient (Wildman–Crippen LogP) is 2.42. The minimum absolute atomic E-state index is 0.00702. The quantitative estimate of drug-likeness (QED) is 0.893. The second-order valence-electron chi connectivity index (χ2n) is 7.38. The SMILES string of the molecule is C[C@@H](NC(=O)C1CCC1)C(=O)N(C)[C@H]1CCCN(c2ccccc2)C1. The number of para-hydroxylation sites is 1. The van der Waals surface area contributed by atoms with E-state index < -0.39 is 6.04 Å². The number of rotatable bonds is 5. The normalized spacial score (nSPS) is 22.0. The first-order valence-corrected chi connectivity index (χ1v) is 9.43. The maximum Gasteiger partial charge on any atom is 0.244 e. The van der Waals surface area contributed by atoms with Crippen LogP contribution in [0.15, 0.2) is 30.3 Å². The van der Waals surface area contributed by atoms with Gasteiger partial charge >= 0.3 is 0 Å². The molecule has 25 heavy (non-hydrogen) atoms. The molecule has 0 bridgehead atoms. The van der Waals surface area contributed by atoms with Crippen LogP contribution in [-0.4, -0.2) is 48.9 Å². The first kappa shape index (κ1) is 17.8. The van der Waals surface area contributed by atoms with Crippen molar-refractivity contribution in [3.8, 4) is 0 Å². The number of anilines is 1. The molecular formula is C20H29N3O2. The van der Waals surface area contributed by atoms with E-state index in [1.807, 2.05) is 30.1 Å². The number of nitrogens with one attached hydrogen (secondary N) is 1. The molecule has 3 rings (SSSR count). The fourth-order valence-electron chi connectivity index (χ4n) is 3.69. The van der Waals surface area contributed by atoms with E-state index in [4.69, 9.17) is 0 Å². The van der Waals surface area contributed by atoms with Crippen LogP contribution >= 0.6 is 0 Å². The van der Waals surface area contributed by atoms with Crippen molar-refractivity contribution in [2.45, 2.75) is 51.1 Å². The minimum Gasteiger partial charge on any atom is -0.369 e. The van der Waals surface area contributed by atoms with E-state index in [1.165, 1.54) is 5.69 Å². The highest BCUT2D eigenvalue weighted by Crippen LogP contribution is 2.26. The molecule has 0 aromatic heterocycles. The molecule has 0 spiro atoms. The maximum atomic E-state index is 12.7. The Morgan fingerprint density at radius 2 is 1.88 bits per heavy atom. The summed E-state index contributed by atoms with van der Waals surface area (Å²) >= 11 is 0. The Balaban J connectivity index is 1.56. The zero-order valence-electron chi connectivity index (χ0n) is 15.3. The first-order valence-electron chi connectivity index (χ1n) is 9.43. The number of piperidine rings is 1. The summed E-state index contributed by atoms with van der Waals surface area (Å²) in [5.74, 6) is 0.159. The molecule has 5 heteroatoms. The van der Waals surface area contributed by atoms with E-state index in [2.05, 4.69) is 22.3 Å². The molecule has 1 aliphatic heterocycles. The van der Waals surface area contributed by atoms with Gasteiger partial charge in [0, 0.05) is 37.8 Å². The largest absolute Gasteiger partial charge is 0.369 e. The number of nitrogens with zero attached hydrogens (tertiary/aromatic N) is 2. The average molecular weight is 343 g/mol. The van der Waals surface area contributed by atoms with Crippen molar-refractivity contribution >= 4 is 17.5 Å². The monoisotopic (exact) mass is 343 g/mol. The Hall–Kier alpha value is -2.04. The Kier molecular flexibility index (Phi) is 5.61. The van der Waals surface area contributed by atoms with Crippen molar-refractivity contribution in [1.82, 2.24) is 10.2 Å². The van der Waals surface area contributed by atoms with Crippen molar-refractivity contribution < 1.29 is 9.59 Å². The van der Waals surface area contributed by atoms with Crippen LogP contribution in [0.25, 0.3) is 0 Å². The molecule has 2 amide bonds. The van der Waals surface area contributed by atoms with Crippen LogP contribution in [0.2, 0.25) is 0 Å². The van der Waals surface area contributed by atoms with Gasteiger partial charge in [-0.15, -0.1) is 0 Å². The first-order chi connectivity index (χ1) is 12.1. The van der Waals surface area contributed by atoms with Crippen LogP contribution in [0.3, 0.4) is 0 Å². The van der Waals surface area contributed by atoms with Crippen LogP contribution in [0.5, 0.6) is 0 Å². The number of amides is 2. The van der Waals surface area contributed by atoms with Crippen LogP contribution in [-0.2, 0) is 9.59 Å². The number of carbonyl (C=O) groups is 2. The summed E-state index contributed by atoms with van der Waals surface area (Å²) in [5, 5.41) is 2.90. The summed E-state index contributed by atoms with van der Waals surface area (Å²) in [5.41, 5.74) is 1.21. The van der Waals surface area contributed by atoms with Crippen molar-refractivity contribution in [2.75, 3.05) is 25.0 Å². The number of hydrogen-bond donors (Lipinski definition) is 1. The molecule has 1 saturated heterocycles. The summed E-state index contributed by atoms with van der Waals surface area (Å²) in [6.07, 6.45) is 5.11. The Labute approximate surface area is 150 Å². The molecule has 0 unspecified atom stereocenters. The van der Waals surface area contributed by atoms with Crippen LogP contribution in [0.4, 0.5) is 5.69 Å². The summed E-state index contributed by atoms with van der Waals surface area (Å²) in [6.45, 7) is 3.67. The second-order valence-corrected chi connectivity index (χ2v) is 7.38. The summed E-state index contributed by atoms with van der Waals surface area (Å²) in [4.78, 5) is 29.0. The number of hydrogen-bond acceptors (Lipinski definition) is 3. The number of carbonyl (C=O) groups excluding carboxylic acids is 2. The van der Waals surface area contributed by atoms with Crippen molar-refractivity contribution in [3.63, 3.8) is 0 Å². The average Bonchev–Trinajstić information content (AvgIpc) is 2.59. The van der Waals surface area contributed by atoms with Crippen LogP contribution < -0.4 is 10.2 Å². The molecule has 0 radical (unpaired) electrons. The number of benzene rings is 1. The predicted molar refractivity (Wildman–Crippen MR) is 99.4 cm³/mol. The molecule has 1 N–H and O–H groups in total. The van der Waals surface area contributed by atoms with Gasteiger partial charge in [-0.3, -0.25) is 9.59 Å². The van der Waals surface area contributed by atoms with Gasteiger partial charge in [-0.05, 0) is 44.7 Å². The van der Waals surface area contributed by atoms with Crippen LogP contribution in [0, 0.1) is 5.92 Å². The van der Waals surface area contributed by atoms with E-state index >= 15 is 0 Å². The Morgan fingerprint density at radius 3 is 2.52 bits per heavy atom. The Morgan fingerprint density at radius 1 is 1.16 bits per heavy atom. The van der Waals surface area contributed by atoms with Gasteiger partial charge in [0.15, 0.2) is 0 Å². The zero-order chi connectivity index (χ0) is 17.8. The highest BCUT2D eigenvalue weighted by Gasteiger charge is 2.31. The molecule has 1 aliphatic carbocycles. The third-order valence-electron chi connectivity index (χ3n) is 5.62. The second kappa shape index (κ2) is 7.89. The molecule has 2 atom stereocenters. The zero-order valence-corrected chi connectivity index (χ0v) is 15.3. The van der Waals surface area contributed by atoms with Crippen molar-refractivity contribution in [1.29, 1.82) is 0 Å². The topological polar surface area (TPSA) is 52.7 Å². The van der Waals surface area contributed by atoms with Gasteiger partial charge < -0.3 is 15.1 Å². The lowest BCUT2D eigenvalue weighted by Crippen LogP contribution is -2.54. The van der Waals surface area contributed by atoms with Crippen molar-refractivity contribution in [3.05, 3.63) is 30.3 Å². The molecule has 136 valence electrons. The van der Waals surface area contributed by atoms with E-state index in [0.29, 0.717) is 0 Å². The standard InChI is InChI=1S/C20H29N3O2/c1-15(21-19(24)16-8-6-9-16)20(25)22(2)18-12-7-13-23(14-18)17-10-4-3-5-11-17/h3-5,10-11,15-16,18H,6-9,12-14H2,1-2H3,(H,21,24)/t15-,18+/m1/s1. The highest BCUT2D eigenvalue weighted by molar-refractivity contribution is 5.88. The summed E-state index contributed by atoms with van der Waals surface area (Å²) < 4.78 is 0. The van der Waals surface area contributed by atoms with Crippen LogP contribution in [0.1, 0.15) is 39.0 Å². The molecule has 2 fully saturated rings. The van der Waals surface area contributed by atoms with E-state index in [-0.39, 0.29) is 23.8 Å². The van der Waals surface area contributed by atoms with E-state index in [0.717, 1.165) is 45.2 Å². The third kappa shape index (κ3) is 4.14. The molecule has 1 aromatic carbocycles. The smallest absolute Gasteiger partial charge is 0.244 e. The lowest BCUT2D eigenvalue weighted by molar-refractivity contribution is -0.138. The number of likely N-dealkylation sites (N-methyl/N-ethyl adjacent to an activating group) is 1. The van der Waals surface area contributed by atoms with E-state index in [1.54, 1.807) is 6.92 Å². The maximum absolute atomic E-state index is 12.7. The lowest BCUT2D eigenvalue weighted by Gasteiger charge is -2.39. The molecule has 1 heterocycles. The van der Waals surface area contributed by atoms with Gasteiger partial charge in [-0.1, -0.05) is 24.6 Å². The van der Waals surface area contributed by atoms with Gasteiger partial charge in [0.25, 0.3) is 0 Å². The molecular weight excluding hydrogens is 314 g/mol. The Bertz CT molecular complexity index is 600. The third-order valence-corrected chi connectivity index (χ3v) is 5.62. The minimum atomic E-state index is -0.454. The summed E-state index contributed by atoms with van der Waals surface area (Å²) in [6, 6.07) is 10.1. The van der Waals surface area contributed by atoms with Crippen molar-refractivity contribution in [2.24, 2.45) is 5.92 Å². The lowest BCUT2D eigenvalue weighted by atomic mass is 9.84. The fraction of sp³-hybridized carbons (Fsp3) is 0.600. The van der Waals surface area contributed by atoms with Gasteiger partial charge in [0.05, 0.1) is 0 Å². The fourth-order valence-corrected chi connectivity index (χ4v) is 3.69. The van der Waals surface area contributed by atoms with Gasteiger partial charge in [-0.2, -0.15) is 0 Å². The highest BCUT2D eigenvalue weighted by atomic mass is 16.2. The van der Waals surface area contributed by atoms with Gasteiger partial charge in [-0.25, -0.2) is 0 Å². The molecule has 5 nitrogen and oxygen atoms in total. The molecule has 1 aromatic rings. The van der Waals surface area contributed by atoms with E-state index in [9.17, 15) is 9.59 Å². The van der Waals surface area contributed by atoms with Gasteiger partial charge in [0.1, 0.15) is 6.04 Å².